The molecule has 29 heavy (non-hydrogen) atoms. The maximum absolute atomic E-state index is 13.0. The lowest BCUT2D eigenvalue weighted by Crippen LogP contribution is -2.32. The van der Waals surface area contributed by atoms with Crippen LogP contribution in [0.5, 0.6) is 0 Å². The minimum atomic E-state index is -0.477. The first kappa shape index (κ1) is 19.8. The van der Waals surface area contributed by atoms with E-state index in [0.717, 1.165) is 41.7 Å². The molecule has 5 atom stereocenters. The van der Waals surface area contributed by atoms with E-state index in [1.54, 1.807) is 6.08 Å². The third-order valence-electron chi connectivity index (χ3n) is 7.21. The van der Waals surface area contributed by atoms with Crippen LogP contribution >= 0.6 is 0 Å². The van der Waals surface area contributed by atoms with E-state index in [1.807, 2.05) is 36.4 Å². The fourth-order valence-corrected chi connectivity index (χ4v) is 5.98. The monoisotopic (exact) mass is 390 g/mol. The van der Waals surface area contributed by atoms with Crippen molar-refractivity contribution >= 4 is 5.97 Å². The average Bonchev–Trinajstić information content (AvgIpc) is 3.33. The number of hydrogen-bond acceptors (Lipinski definition) is 3. The van der Waals surface area contributed by atoms with Crippen molar-refractivity contribution in [1.82, 2.24) is 0 Å². The van der Waals surface area contributed by atoms with Gasteiger partial charge in [0.1, 0.15) is 17.9 Å². The molecule has 0 saturated heterocycles. The number of ether oxygens (including phenoxy) is 1. The highest BCUT2D eigenvalue weighted by Crippen LogP contribution is 2.60. The van der Waals surface area contributed by atoms with Gasteiger partial charge in [-0.25, -0.2) is 4.79 Å². The maximum Gasteiger partial charge on any atom is 0.342 e. The second kappa shape index (κ2) is 8.44. The van der Waals surface area contributed by atoms with Crippen LogP contribution in [-0.2, 0) is 16.1 Å². The summed E-state index contributed by atoms with van der Waals surface area (Å²) in [6, 6.07) is 9.60. The predicted molar refractivity (Wildman–Crippen MR) is 115 cm³/mol. The molecule has 0 aromatic heterocycles. The van der Waals surface area contributed by atoms with Gasteiger partial charge in [0.05, 0.1) is 0 Å². The number of aliphatic hydroxyl groups excluding tert-OH is 1. The molecule has 3 nitrogen and oxygen atoms in total. The zero-order valence-corrected chi connectivity index (χ0v) is 16.9. The lowest BCUT2D eigenvalue weighted by atomic mass is 9.64. The number of aliphatic hydroxyl groups is 1. The van der Waals surface area contributed by atoms with E-state index in [0.29, 0.717) is 5.92 Å². The lowest BCUT2D eigenvalue weighted by Gasteiger charge is -2.40. The fourth-order valence-electron chi connectivity index (χ4n) is 5.98. The van der Waals surface area contributed by atoms with Crippen LogP contribution in [0.4, 0.5) is 0 Å². The lowest BCUT2D eigenvalue weighted by molar-refractivity contribution is -0.140. The normalized spacial score (nSPS) is 32.1. The van der Waals surface area contributed by atoms with Crippen molar-refractivity contribution in [3.05, 3.63) is 84.2 Å². The first-order valence-electron chi connectivity index (χ1n) is 10.7. The van der Waals surface area contributed by atoms with Gasteiger partial charge in [-0.3, -0.25) is 0 Å². The van der Waals surface area contributed by atoms with E-state index < -0.39 is 5.97 Å². The molecular formula is C26H30O3. The molecule has 3 aliphatic carbocycles. The molecule has 3 aliphatic rings. The summed E-state index contributed by atoms with van der Waals surface area (Å²) in [5.74, 6) is 2.40. The van der Waals surface area contributed by atoms with Crippen LogP contribution in [0.3, 0.4) is 0 Å². The van der Waals surface area contributed by atoms with Crippen LogP contribution in [-0.4, -0.2) is 11.1 Å². The quantitative estimate of drug-likeness (QED) is 0.284. The molecule has 3 saturated carbocycles. The summed E-state index contributed by atoms with van der Waals surface area (Å²) in [7, 11) is 0. The summed E-state index contributed by atoms with van der Waals surface area (Å²) in [6.07, 6.45) is 11.7. The molecule has 1 aromatic carbocycles. The number of hydrogen-bond donors (Lipinski definition) is 1. The zero-order valence-electron chi connectivity index (χ0n) is 16.9. The Balaban J connectivity index is 1.62. The third-order valence-corrected chi connectivity index (χ3v) is 7.21. The van der Waals surface area contributed by atoms with Crippen molar-refractivity contribution in [3.8, 4) is 0 Å². The molecule has 0 heterocycles. The van der Waals surface area contributed by atoms with E-state index in [1.165, 1.54) is 19.3 Å². The Kier molecular flexibility index (Phi) is 5.75. The molecule has 0 radical (unpaired) electrons. The van der Waals surface area contributed by atoms with Gasteiger partial charge in [0, 0.05) is 0 Å². The Labute approximate surface area is 173 Å². The topological polar surface area (TPSA) is 46.5 Å². The fraction of sp³-hybridized carbons (Fsp3) is 0.423. The highest BCUT2D eigenvalue weighted by atomic mass is 16.5. The Morgan fingerprint density at radius 3 is 2.55 bits per heavy atom. The van der Waals surface area contributed by atoms with E-state index in [4.69, 9.17) is 4.74 Å². The molecule has 3 heteroatoms. The minimum Gasteiger partial charge on any atom is -0.508 e. The summed E-state index contributed by atoms with van der Waals surface area (Å²) < 4.78 is 5.57. The standard InChI is InChI=1S/C26H30O3/c1-3-4-10-19-14-22-20-11-12-21(13-20)23(22)15-24(19)25(17(2)27)26(28)29-16-18-8-6-5-7-9-18/h3-10,19-23,27H,1-2,11-16H2/b10-4+,25-24+. The van der Waals surface area contributed by atoms with Crippen LogP contribution in [0.25, 0.3) is 0 Å². The maximum atomic E-state index is 13.0. The van der Waals surface area contributed by atoms with Crippen molar-refractivity contribution in [3.63, 3.8) is 0 Å². The van der Waals surface area contributed by atoms with Crippen LogP contribution in [0.15, 0.2) is 78.6 Å². The highest BCUT2D eigenvalue weighted by Gasteiger charge is 2.51. The van der Waals surface area contributed by atoms with Crippen LogP contribution in [0, 0.1) is 29.6 Å². The number of allylic oxidation sites excluding steroid dienone is 4. The molecule has 0 aliphatic heterocycles. The molecule has 3 fully saturated rings. The van der Waals surface area contributed by atoms with Crippen LogP contribution < -0.4 is 0 Å². The van der Waals surface area contributed by atoms with E-state index in [2.05, 4.69) is 19.2 Å². The average molecular weight is 391 g/mol. The smallest absolute Gasteiger partial charge is 0.342 e. The molecule has 4 rings (SSSR count). The number of esters is 1. The molecule has 0 amide bonds. The van der Waals surface area contributed by atoms with Crippen molar-refractivity contribution in [1.29, 1.82) is 0 Å². The Morgan fingerprint density at radius 2 is 1.86 bits per heavy atom. The predicted octanol–water partition coefficient (Wildman–Crippen LogP) is 5.91. The van der Waals surface area contributed by atoms with Crippen molar-refractivity contribution < 1.29 is 14.6 Å². The van der Waals surface area contributed by atoms with Gasteiger partial charge < -0.3 is 9.84 Å². The van der Waals surface area contributed by atoms with E-state index >= 15 is 0 Å². The molecule has 0 spiro atoms. The summed E-state index contributed by atoms with van der Waals surface area (Å²) in [5.41, 5.74) is 2.19. The van der Waals surface area contributed by atoms with Gasteiger partial charge in [-0.1, -0.05) is 61.7 Å². The van der Waals surface area contributed by atoms with Gasteiger partial charge in [0.2, 0.25) is 0 Å². The number of carbonyl (C=O) groups is 1. The highest BCUT2D eigenvalue weighted by molar-refractivity contribution is 5.93. The summed E-state index contributed by atoms with van der Waals surface area (Å²) in [6.45, 7) is 7.69. The number of benzene rings is 1. The van der Waals surface area contributed by atoms with Gasteiger partial charge in [0.15, 0.2) is 0 Å². The van der Waals surface area contributed by atoms with Gasteiger partial charge >= 0.3 is 5.97 Å². The molecule has 152 valence electrons. The number of rotatable bonds is 6. The van der Waals surface area contributed by atoms with Crippen molar-refractivity contribution in [2.24, 2.45) is 29.6 Å². The second-order valence-electron chi connectivity index (χ2n) is 8.74. The summed E-state index contributed by atoms with van der Waals surface area (Å²) >= 11 is 0. The largest absolute Gasteiger partial charge is 0.508 e. The SMILES string of the molecule is C=C/C=C/C1CC2C3CCC(C3)C2C/C1=C(/C(=C)O)C(=O)OCc1ccccc1. The molecule has 1 aromatic rings. The molecular weight excluding hydrogens is 360 g/mol. The molecule has 5 unspecified atom stereocenters. The zero-order chi connectivity index (χ0) is 20.4. The molecule has 2 bridgehead atoms. The second-order valence-corrected chi connectivity index (χ2v) is 8.74. The van der Waals surface area contributed by atoms with Gasteiger partial charge in [-0.15, -0.1) is 0 Å². The first-order valence-corrected chi connectivity index (χ1v) is 10.7. The Morgan fingerprint density at radius 1 is 1.14 bits per heavy atom. The van der Waals surface area contributed by atoms with E-state index in [9.17, 15) is 9.90 Å². The van der Waals surface area contributed by atoms with Crippen LogP contribution in [0.1, 0.15) is 37.7 Å². The molecule has 1 N–H and O–H groups in total. The first-order chi connectivity index (χ1) is 14.1. The minimum absolute atomic E-state index is 0.122. The van der Waals surface area contributed by atoms with Crippen molar-refractivity contribution in [2.75, 3.05) is 0 Å². The van der Waals surface area contributed by atoms with Crippen molar-refractivity contribution in [2.45, 2.75) is 38.7 Å². The van der Waals surface area contributed by atoms with Gasteiger partial charge in [-0.05, 0) is 72.8 Å². The van der Waals surface area contributed by atoms with Gasteiger partial charge in [-0.2, -0.15) is 0 Å². The third kappa shape index (κ3) is 3.96. The summed E-state index contributed by atoms with van der Waals surface area (Å²) in [4.78, 5) is 13.0. The number of carbonyl (C=O) groups excluding carboxylic acids is 1. The van der Waals surface area contributed by atoms with Crippen LogP contribution in [0.2, 0.25) is 0 Å². The number of fused-ring (bicyclic) bond motifs is 5. The Bertz CT molecular complexity index is 848. The Hall–Kier alpha value is -2.55. The van der Waals surface area contributed by atoms with E-state index in [-0.39, 0.29) is 23.9 Å². The summed E-state index contributed by atoms with van der Waals surface area (Å²) in [5, 5.41) is 10.4. The van der Waals surface area contributed by atoms with Gasteiger partial charge in [0.25, 0.3) is 0 Å².